The molecule has 0 radical (unpaired) electrons. The van der Waals surface area contributed by atoms with Crippen molar-refractivity contribution in [3.8, 4) is 11.3 Å². The van der Waals surface area contributed by atoms with Crippen LogP contribution in [0.5, 0.6) is 0 Å². The van der Waals surface area contributed by atoms with Crippen LogP contribution in [0.2, 0.25) is 0 Å². The molecule has 0 unspecified atom stereocenters. The zero-order valence-electron chi connectivity index (χ0n) is 17.7. The van der Waals surface area contributed by atoms with E-state index in [1.807, 2.05) is 0 Å². The number of nitrogens with one attached hydrogen (secondary N) is 2. The highest BCUT2D eigenvalue weighted by Gasteiger charge is 2.43. The Bertz CT molecular complexity index is 1090. The van der Waals surface area contributed by atoms with Crippen molar-refractivity contribution in [1.29, 1.82) is 5.41 Å². The predicted molar refractivity (Wildman–Crippen MR) is 110 cm³/mol. The molecule has 9 heteroatoms. The molecule has 2 N–H and O–H groups in total. The smallest absolute Gasteiger partial charge is 0.257 e. The van der Waals surface area contributed by atoms with E-state index in [-0.39, 0.29) is 23.4 Å². The van der Waals surface area contributed by atoms with Crippen molar-refractivity contribution in [2.45, 2.75) is 32.7 Å². The van der Waals surface area contributed by atoms with Gasteiger partial charge < -0.3 is 15.6 Å². The number of aryl methyl sites for hydroxylation is 1. The zero-order chi connectivity index (χ0) is 22.5. The zero-order valence-corrected chi connectivity index (χ0v) is 17.7. The summed E-state index contributed by atoms with van der Waals surface area (Å²) in [5, 5.41) is 15.4. The number of allylic oxidation sites excluding steroid dienone is 1. The van der Waals surface area contributed by atoms with Gasteiger partial charge in [-0.15, -0.1) is 0 Å². The van der Waals surface area contributed by atoms with Crippen LogP contribution in [0.25, 0.3) is 11.3 Å². The minimum absolute atomic E-state index is 0.104. The number of hydrogen-bond donors (Lipinski definition) is 2. The summed E-state index contributed by atoms with van der Waals surface area (Å²) >= 11 is 0. The number of fused-ring (bicyclic) bond motifs is 1. The molecule has 1 aliphatic carbocycles. The first-order chi connectivity index (χ1) is 14.7. The maximum atomic E-state index is 13.8. The second kappa shape index (κ2) is 7.55. The molecule has 2 heterocycles. The highest BCUT2D eigenvalue weighted by molar-refractivity contribution is 6.12. The lowest BCUT2D eigenvalue weighted by Crippen LogP contribution is -2.38. The first kappa shape index (κ1) is 21.1. The molecule has 31 heavy (non-hydrogen) atoms. The summed E-state index contributed by atoms with van der Waals surface area (Å²) in [5.74, 6) is -4.27. The average Bonchev–Trinajstić information content (AvgIpc) is 3.39. The largest absolute Gasteiger partial charge is 0.390 e. The lowest BCUT2D eigenvalue weighted by Gasteiger charge is -2.28. The number of carbonyl (C=O) groups excluding carboxylic acids is 1. The summed E-state index contributed by atoms with van der Waals surface area (Å²) in [5.41, 5.74) is 3.11. The number of rotatable bonds is 5. The summed E-state index contributed by atoms with van der Waals surface area (Å²) in [6, 6.07) is 1.91. The summed E-state index contributed by atoms with van der Waals surface area (Å²) in [6.45, 7) is 2.66. The van der Waals surface area contributed by atoms with Gasteiger partial charge in [0.2, 0.25) is 0 Å². The Kier molecular flexibility index (Phi) is 5.15. The van der Waals surface area contributed by atoms with Crippen LogP contribution in [0.15, 0.2) is 23.4 Å². The van der Waals surface area contributed by atoms with Gasteiger partial charge in [-0.25, -0.2) is 13.2 Å². The molecule has 0 bridgehead atoms. The Balaban J connectivity index is 1.66. The number of aromatic nitrogens is 2. The third kappa shape index (κ3) is 3.51. The monoisotopic (exact) mass is 431 g/mol. The van der Waals surface area contributed by atoms with Gasteiger partial charge in [-0.2, -0.15) is 5.10 Å². The summed E-state index contributed by atoms with van der Waals surface area (Å²) in [6.07, 6.45) is 3.46. The molecule has 0 atom stereocenters. The SMILES string of the molecule is CN/C(=C(\C=N)C(=O)N1CCc2c(nn(C)c2-c2cc(F)c(F)c(F)c2)C1)C1(C)CC1. The van der Waals surface area contributed by atoms with Crippen LogP contribution in [0.1, 0.15) is 31.0 Å². The third-order valence-corrected chi connectivity index (χ3v) is 6.24. The van der Waals surface area contributed by atoms with Crippen molar-refractivity contribution in [2.24, 2.45) is 12.5 Å². The van der Waals surface area contributed by atoms with Crippen molar-refractivity contribution >= 4 is 12.1 Å². The number of halogens is 3. The summed E-state index contributed by atoms with van der Waals surface area (Å²) < 4.78 is 42.4. The van der Waals surface area contributed by atoms with Crippen molar-refractivity contribution in [3.63, 3.8) is 0 Å². The van der Waals surface area contributed by atoms with E-state index < -0.39 is 17.5 Å². The van der Waals surface area contributed by atoms with Gasteiger partial charge in [0.05, 0.1) is 23.5 Å². The number of hydrogen-bond acceptors (Lipinski definition) is 4. The molecular formula is C22H24F3N5O. The quantitative estimate of drug-likeness (QED) is 0.433. The molecule has 1 aromatic heterocycles. The van der Waals surface area contributed by atoms with E-state index in [4.69, 9.17) is 5.41 Å². The minimum atomic E-state index is -1.51. The topological polar surface area (TPSA) is 74.0 Å². The molecule has 1 amide bonds. The Hall–Kier alpha value is -3.10. The van der Waals surface area contributed by atoms with E-state index in [2.05, 4.69) is 17.3 Å². The van der Waals surface area contributed by atoms with Crippen LogP contribution in [-0.2, 0) is 24.8 Å². The number of carbonyl (C=O) groups is 1. The molecule has 1 saturated carbocycles. The first-order valence-corrected chi connectivity index (χ1v) is 10.1. The van der Waals surface area contributed by atoms with Crippen molar-refractivity contribution in [2.75, 3.05) is 13.6 Å². The fourth-order valence-electron chi connectivity index (χ4n) is 4.36. The van der Waals surface area contributed by atoms with Crippen LogP contribution < -0.4 is 5.32 Å². The van der Waals surface area contributed by atoms with Gasteiger partial charge in [-0.3, -0.25) is 9.48 Å². The molecule has 6 nitrogen and oxygen atoms in total. The van der Waals surface area contributed by atoms with Gasteiger partial charge in [0.25, 0.3) is 5.91 Å². The number of benzene rings is 1. The molecule has 0 saturated heterocycles. The molecule has 2 aliphatic rings. The lowest BCUT2D eigenvalue weighted by molar-refractivity contribution is -0.127. The van der Waals surface area contributed by atoms with Gasteiger partial charge in [0, 0.05) is 49.1 Å². The molecule has 0 spiro atoms. The van der Waals surface area contributed by atoms with Gasteiger partial charge >= 0.3 is 0 Å². The second-order valence-corrected chi connectivity index (χ2v) is 8.37. The van der Waals surface area contributed by atoms with Crippen LogP contribution in [0.3, 0.4) is 0 Å². The van der Waals surface area contributed by atoms with Crippen LogP contribution >= 0.6 is 0 Å². The summed E-state index contributed by atoms with van der Waals surface area (Å²) in [7, 11) is 3.41. The van der Waals surface area contributed by atoms with Crippen LogP contribution in [-0.4, -0.2) is 40.4 Å². The maximum absolute atomic E-state index is 13.8. The fourth-order valence-corrected chi connectivity index (χ4v) is 4.36. The maximum Gasteiger partial charge on any atom is 0.257 e. The van der Waals surface area contributed by atoms with Crippen LogP contribution in [0, 0.1) is 28.3 Å². The van der Waals surface area contributed by atoms with E-state index in [1.54, 1.807) is 19.0 Å². The molecule has 1 aromatic carbocycles. The molecule has 4 rings (SSSR count). The predicted octanol–water partition coefficient (Wildman–Crippen LogP) is 3.31. The number of nitrogens with zero attached hydrogens (tertiary/aromatic N) is 3. The van der Waals surface area contributed by atoms with Gasteiger partial charge in [0.15, 0.2) is 17.5 Å². The van der Waals surface area contributed by atoms with Crippen molar-refractivity contribution in [3.05, 3.63) is 52.1 Å². The molecular weight excluding hydrogens is 407 g/mol. The minimum Gasteiger partial charge on any atom is -0.390 e. The molecule has 164 valence electrons. The molecule has 1 fully saturated rings. The van der Waals surface area contributed by atoms with Gasteiger partial charge in [0.1, 0.15) is 0 Å². The average molecular weight is 431 g/mol. The Morgan fingerprint density at radius 2 is 1.90 bits per heavy atom. The van der Waals surface area contributed by atoms with Crippen LogP contribution in [0.4, 0.5) is 13.2 Å². The third-order valence-electron chi connectivity index (χ3n) is 6.24. The molecule has 2 aromatic rings. The Morgan fingerprint density at radius 3 is 2.45 bits per heavy atom. The first-order valence-electron chi connectivity index (χ1n) is 10.1. The van der Waals surface area contributed by atoms with E-state index in [0.717, 1.165) is 42.4 Å². The highest BCUT2D eigenvalue weighted by Crippen LogP contribution is 2.51. The fraction of sp³-hybridized carbons (Fsp3) is 0.409. The van der Waals surface area contributed by atoms with E-state index in [0.29, 0.717) is 29.9 Å². The Morgan fingerprint density at radius 1 is 1.26 bits per heavy atom. The molecule has 1 aliphatic heterocycles. The van der Waals surface area contributed by atoms with E-state index >= 15 is 0 Å². The van der Waals surface area contributed by atoms with E-state index in [9.17, 15) is 18.0 Å². The van der Waals surface area contributed by atoms with Gasteiger partial charge in [-0.1, -0.05) is 6.92 Å². The normalized spacial score (nSPS) is 17.7. The van der Waals surface area contributed by atoms with Crippen molar-refractivity contribution in [1.82, 2.24) is 20.0 Å². The number of amides is 1. The van der Waals surface area contributed by atoms with Gasteiger partial charge in [-0.05, 0) is 31.4 Å². The summed E-state index contributed by atoms with van der Waals surface area (Å²) in [4.78, 5) is 14.8. The van der Waals surface area contributed by atoms with E-state index in [1.165, 1.54) is 4.68 Å². The lowest BCUT2D eigenvalue weighted by atomic mass is 9.97. The highest BCUT2D eigenvalue weighted by atomic mass is 19.2. The standard InChI is InChI=1S/C22H24F3N5O/c1-22(5-6-22)20(27-2)14(10-26)21(31)30-7-4-13-17(11-30)28-29(3)19(13)12-8-15(23)18(25)16(24)9-12/h8-10,26-27H,4-7,11H2,1-3H3/b20-14+,26-10?. The Labute approximate surface area is 178 Å². The second-order valence-electron chi connectivity index (χ2n) is 8.37. The van der Waals surface area contributed by atoms with Crippen molar-refractivity contribution < 1.29 is 18.0 Å².